The zero-order valence-corrected chi connectivity index (χ0v) is 14.2. The zero-order valence-electron chi connectivity index (χ0n) is 13.4. The normalized spacial score (nSPS) is 9.65. The summed E-state index contributed by atoms with van der Waals surface area (Å²) in [6, 6.07) is 11.6. The molecule has 0 N–H and O–H groups in total. The summed E-state index contributed by atoms with van der Waals surface area (Å²) in [5.41, 5.74) is 0. The van der Waals surface area contributed by atoms with Crippen LogP contribution in [0.15, 0.2) is 48.8 Å². The molecule has 0 aliphatic carbocycles. The van der Waals surface area contributed by atoms with Crippen LogP contribution >= 0.6 is 0 Å². The van der Waals surface area contributed by atoms with Crippen molar-refractivity contribution in [2.24, 2.45) is 14.1 Å². The largest absolute Gasteiger partial charge is 0.759 e. The van der Waals surface area contributed by atoms with Crippen LogP contribution in [0.25, 0.3) is 0 Å². The number of rotatable bonds is 2. The predicted molar refractivity (Wildman–Crippen MR) is 78.8 cm³/mol. The summed E-state index contributed by atoms with van der Waals surface area (Å²) in [5, 5.41) is 0. The molecule has 23 heavy (non-hydrogen) atoms. The van der Waals surface area contributed by atoms with E-state index in [4.69, 9.17) is 27.0 Å². The monoisotopic (exact) mass is 344 g/mol. The third kappa shape index (κ3) is 11.0. The first kappa shape index (κ1) is 20.8. The molecule has 0 fully saturated rings. The fourth-order valence-corrected chi connectivity index (χ4v) is 1.44. The van der Waals surface area contributed by atoms with Gasteiger partial charge in [-0.05, 0) is 12.1 Å². The molecule has 0 bridgehead atoms. The van der Waals surface area contributed by atoms with E-state index >= 15 is 0 Å². The highest BCUT2D eigenvalue weighted by atomic mass is 32.3. The van der Waals surface area contributed by atoms with Crippen molar-refractivity contribution >= 4 is 10.4 Å². The average Bonchev–Trinajstić information content (AvgIpc) is 2.47. The molecule has 0 aromatic carbocycles. The van der Waals surface area contributed by atoms with Gasteiger partial charge in [0, 0.05) is 22.5 Å². The molecule has 0 atom stereocenters. The maximum atomic E-state index is 8.52. The maximum Gasteiger partial charge on any atom is 0.367 e. The van der Waals surface area contributed by atoms with Gasteiger partial charge in [0.2, 0.25) is 0 Å². The Kier molecular flexibility index (Phi) is 9.47. The van der Waals surface area contributed by atoms with Crippen LogP contribution in [-0.4, -0.2) is 31.7 Å². The molecule has 0 amide bonds. The molecular formula is C14H20N2O6S. The minimum Gasteiger partial charge on any atom is -0.759 e. The first-order valence-corrected chi connectivity index (χ1v) is 7.66. The third-order valence-electron chi connectivity index (χ3n) is 2.43. The predicted octanol–water partition coefficient (Wildman–Crippen LogP) is -0.299. The number of ether oxygens (including phenoxy) is 2. The quantitative estimate of drug-likeness (QED) is 0.421. The Morgan fingerprint density at radius 3 is 1.30 bits per heavy atom. The van der Waals surface area contributed by atoms with Crippen molar-refractivity contribution in [2.45, 2.75) is 0 Å². The van der Waals surface area contributed by atoms with Gasteiger partial charge in [0.25, 0.3) is 0 Å². The minimum atomic E-state index is -5.17. The Balaban J connectivity index is 0.000000332. The fraction of sp³-hybridized carbons (Fsp3) is 0.286. The molecule has 0 unspecified atom stereocenters. The molecule has 0 radical (unpaired) electrons. The van der Waals surface area contributed by atoms with Gasteiger partial charge in [0.1, 0.15) is 14.1 Å². The van der Waals surface area contributed by atoms with Gasteiger partial charge < -0.3 is 18.6 Å². The van der Waals surface area contributed by atoms with E-state index in [2.05, 4.69) is 0 Å². The smallest absolute Gasteiger partial charge is 0.367 e. The van der Waals surface area contributed by atoms with Crippen LogP contribution in [0, 0.1) is 0 Å². The van der Waals surface area contributed by atoms with E-state index in [0.29, 0.717) is 0 Å². The second-order valence-electron chi connectivity index (χ2n) is 4.12. The molecular weight excluding hydrogens is 324 g/mol. The van der Waals surface area contributed by atoms with Crippen molar-refractivity contribution in [1.29, 1.82) is 0 Å². The maximum absolute atomic E-state index is 8.52. The van der Waals surface area contributed by atoms with E-state index in [9.17, 15) is 0 Å². The van der Waals surface area contributed by atoms with Gasteiger partial charge in [-0.2, -0.15) is 9.13 Å². The molecule has 128 valence electrons. The lowest BCUT2D eigenvalue weighted by Gasteiger charge is -2.06. The summed E-state index contributed by atoms with van der Waals surface area (Å²) in [6.45, 7) is 0. The van der Waals surface area contributed by atoms with Crippen LogP contribution in [0.3, 0.4) is 0 Å². The zero-order chi connectivity index (χ0) is 17.9. The van der Waals surface area contributed by atoms with Gasteiger partial charge in [-0.3, -0.25) is 8.42 Å². The molecule has 2 rings (SSSR count). The van der Waals surface area contributed by atoms with Crippen LogP contribution in [0.5, 0.6) is 11.8 Å². The molecule has 2 aromatic heterocycles. The molecule has 0 spiro atoms. The van der Waals surface area contributed by atoms with Gasteiger partial charge in [0.15, 0.2) is 12.4 Å². The van der Waals surface area contributed by atoms with Gasteiger partial charge in [-0.1, -0.05) is 0 Å². The first-order valence-electron chi connectivity index (χ1n) is 6.33. The Bertz CT molecular complexity index is 638. The van der Waals surface area contributed by atoms with Crippen LogP contribution < -0.4 is 18.6 Å². The van der Waals surface area contributed by atoms with Gasteiger partial charge >= 0.3 is 11.8 Å². The van der Waals surface area contributed by atoms with E-state index in [1.165, 1.54) is 0 Å². The van der Waals surface area contributed by atoms with E-state index in [1.54, 1.807) is 14.2 Å². The van der Waals surface area contributed by atoms with Crippen molar-refractivity contribution in [3.8, 4) is 11.8 Å². The highest BCUT2D eigenvalue weighted by Gasteiger charge is 2.00. The van der Waals surface area contributed by atoms with Gasteiger partial charge in [0.05, 0.1) is 26.4 Å². The average molecular weight is 344 g/mol. The Morgan fingerprint density at radius 1 is 0.826 bits per heavy atom. The number of aromatic nitrogens is 2. The van der Waals surface area contributed by atoms with E-state index < -0.39 is 10.4 Å². The van der Waals surface area contributed by atoms with Gasteiger partial charge in [-0.15, -0.1) is 0 Å². The van der Waals surface area contributed by atoms with Crippen molar-refractivity contribution in [3.05, 3.63) is 48.8 Å². The van der Waals surface area contributed by atoms with E-state index in [0.717, 1.165) is 11.8 Å². The third-order valence-corrected chi connectivity index (χ3v) is 2.43. The molecule has 0 saturated heterocycles. The van der Waals surface area contributed by atoms with E-state index in [-0.39, 0.29) is 0 Å². The highest BCUT2D eigenvalue weighted by molar-refractivity contribution is 7.79. The second kappa shape index (κ2) is 10.5. The lowest BCUT2D eigenvalue weighted by atomic mass is 10.5. The molecule has 0 saturated carbocycles. The summed E-state index contributed by atoms with van der Waals surface area (Å²) >= 11 is 0. The summed E-state index contributed by atoms with van der Waals surface area (Å²) < 4.78 is 47.9. The standard InChI is InChI=1S/2C7H10NO.H2O4S/c2*1-8-6-4-3-5-7(8)9-2;1-5(2,3)4/h2*3-6H,1-2H3;(H2,1,2,3,4)/q2*+1;/p-2. The SMILES string of the molecule is COc1cccc[n+]1C.COc1cccc[n+]1C.O=S(=O)([O-])[O-]. The lowest BCUT2D eigenvalue weighted by Crippen LogP contribution is -2.28. The second-order valence-corrected chi connectivity index (χ2v) is 4.93. The number of hydrogen-bond acceptors (Lipinski definition) is 6. The minimum absolute atomic E-state index is 0.873. The van der Waals surface area contributed by atoms with Crippen molar-refractivity contribution in [1.82, 2.24) is 0 Å². The summed E-state index contributed by atoms with van der Waals surface area (Å²) in [6.07, 6.45) is 3.89. The summed E-state index contributed by atoms with van der Waals surface area (Å²) in [5.74, 6) is 1.75. The van der Waals surface area contributed by atoms with Crippen molar-refractivity contribution < 1.29 is 36.1 Å². The summed E-state index contributed by atoms with van der Waals surface area (Å²) in [7, 11) is 2.04. The fourth-order valence-electron chi connectivity index (χ4n) is 1.44. The Hall–Kier alpha value is -2.23. The number of methoxy groups -OCH3 is 2. The number of aryl methyl sites for hydroxylation is 2. The Morgan fingerprint density at radius 2 is 1.13 bits per heavy atom. The molecule has 9 heteroatoms. The molecule has 8 nitrogen and oxygen atoms in total. The molecule has 2 aromatic rings. The van der Waals surface area contributed by atoms with Crippen molar-refractivity contribution in [2.75, 3.05) is 14.2 Å². The molecule has 2 heterocycles. The van der Waals surface area contributed by atoms with Crippen molar-refractivity contribution in [3.63, 3.8) is 0 Å². The number of hydrogen-bond donors (Lipinski definition) is 0. The Labute approximate surface area is 136 Å². The number of pyridine rings is 2. The number of nitrogens with zero attached hydrogens (tertiary/aromatic N) is 2. The van der Waals surface area contributed by atoms with Gasteiger partial charge in [-0.25, -0.2) is 0 Å². The molecule has 0 aliphatic heterocycles. The topological polar surface area (TPSA) is 106 Å². The van der Waals surface area contributed by atoms with Crippen LogP contribution in [0.1, 0.15) is 0 Å². The van der Waals surface area contributed by atoms with Crippen LogP contribution in [0.2, 0.25) is 0 Å². The summed E-state index contributed by atoms with van der Waals surface area (Å²) in [4.78, 5) is 0. The lowest BCUT2D eigenvalue weighted by molar-refractivity contribution is -0.676. The van der Waals surface area contributed by atoms with Crippen LogP contribution in [0.4, 0.5) is 0 Å². The van der Waals surface area contributed by atoms with Crippen LogP contribution in [-0.2, 0) is 24.5 Å². The highest BCUT2D eigenvalue weighted by Crippen LogP contribution is 1.97. The van der Waals surface area contributed by atoms with E-state index in [1.807, 2.05) is 72.0 Å². The molecule has 0 aliphatic rings. The first-order chi connectivity index (χ1) is 10.7.